The second kappa shape index (κ2) is 20.1. The van der Waals surface area contributed by atoms with Gasteiger partial charge in [0.2, 0.25) is 0 Å². The van der Waals surface area contributed by atoms with Crippen molar-refractivity contribution in [3.63, 3.8) is 0 Å². The lowest BCUT2D eigenvalue weighted by molar-refractivity contribution is -0.286. The van der Waals surface area contributed by atoms with E-state index >= 15 is 4.39 Å². The fourth-order valence-electron chi connectivity index (χ4n) is 4.34. The summed E-state index contributed by atoms with van der Waals surface area (Å²) in [6.07, 6.45) is 10.5. The summed E-state index contributed by atoms with van der Waals surface area (Å²) in [7, 11) is 0. The minimum Gasteiger partial charge on any atom is -0.494 e. The molecule has 0 bridgehead atoms. The van der Waals surface area contributed by atoms with Crippen LogP contribution in [0.15, 0.2) is 92.0 Å². The van der Waals surface area contributed by atoms with Crippen LogP contribution in [0, 0.1) is 5.82 Å². The lowest BCUT2D eigenvalue weighted by Crippen LogP contribution is -2.02. The maximum Gasteiger partial charge on any atom is 0.330 e. The number of unbranched alkanes of at least 4 members (excludes halogenated alkanes) is 6. The van der Waals surface area contributed by atoms with Crippen LogP contribution in [-0.4, -0.2) is 39.0 Å². The summed E-state index contributed by atoms with van der Waals surface area (Å²) in [6.45, 7) is 9.59. The van der Waals surface area contributed by atoms with E-state index in [1.165, 1.54) is 6.08 Å². The Bertz CT molecular complexity index is 1240. The van der Waals surface area contributed by atoms with Crippen molar-refractivity contribution >= 4 is 5.97 Å². The fourth-order valence-corrected chi connectivity index (χ4v) is 4.34. The largest absolute Gasteiger partial charge is 0.494 e. The maximum absolute atomic E-state index is 15.1. The molecule has 3 aromatic carbocycles. The number of esters is 1. The predicted octanol–water partition coefficient (Wildman–Crippen LogP) is 8.90. The number of carbonyl (C=O) groups is 1. The molecule has 0 saturated carbocycles. The van der Waals surface area contributed by atoms with Gasteiger partial charge in [0.05, 0.1) is 26.4 Å². The number of benzene rings is 3. The molecule has 3 aromatic rings. The zero-order valence-corrected chi connectivity index (χ0v) is 24.9. The van der Waals surface area contributed by atoms with Gasteiger partial charge in [-0.15, -0.1) is 6.58 Å². The highest BCUT2D eigenvalue weighted by atomic mass is 19.1. The van der Waals surface area contributed by atoms with Crippen molar-refractivity contribution < 1.29 is 33.2 Å². The van der Waals surface area contributed by atoms with Crippen LogP contribution in [0.25, 0.3) is 22.3 Å². The molecular weight excluding hydrogens is 547 g/mol. The number of ether oxygens (including phenoxy) is 3. The van der Waals surface area contributed by atoms with E-state index in [0.717, 1.165) is 79.6 Å². The minimum atomic E-state index is -0.383. The number of carbonyl (C=O) groups excluding carboxylic acids is 1. The first-order valence-electron chi connectivity index (χ1n) is 15.0. The molecule has 0 unspecified atom stereocenters. The molecule has 0 heterocycles. The van der Waals surface area contributed by atoms with E-state index < -0.39 is 0 Å². The van der Waals surface area contributed by atoms with Crippen molar-refractivity contribution in [2.75, 3.05) is 33.0 Å². The predicted molar refractivity (Wildman–Crippen MR) is 168 cm³/mol. The van der Waals surface area contributed by atoms with Crippen LogP contribution in [0.1, 0.15) is 51.4 Å². The van der Waals surface area contributed by atoms with Gasteiger partial charge in [-0.1, -0.05) is 55.5 Å². The normalized spacial score (nSPS) is 10.7. The van der Waals surface area contributed by atoms with E-state index in [1.54, 1.807) is 12.1 Å². The first kappa shape index (κ1) is 33.6. The summed E-state index contributed by atoms with van der Waals surface area (Å²) < 4.78 is 31.8. The second-order valence-electron chi connectivity index (χ2n) is 10.0. The molecule has 7 heteroatoms. The Morgan fingerprint density at radius 3 is 1.72 bits per heavy atom. The van der Waals surface area contributed by atoms with Crippen LogP contribution in [0.3, 0.4) is 0 Å². The van der Waals surface area contributed by atoms with Crippen LogP contribution in [0.2, 0.25) is 0 Å². The van der Waals surface area contributed by atoms with Crippen molar-refractivity contribution in [1.82, 2.24) is 0 Å². The van der Waals surface area contributed by atoms with Gasteiger partial charge in [-0.05, 0) is 92.0 Å². The van der Waals surface area contributed by atoms with E-state index in [9.17, 15) is 4.79 Å². The van der Waals surface area contributed by atoms with Gasteiger partial charge in [0.15, 0.2) is 0 Å². The molecular formula is C36H43FO6. The molecule has 0 spiro atoms. The molecule has 0 N–H and O–H groups in total. The SMILES string of the molecule is C=CCOOCCCCCCOc1ccc(-c2ccc(-c3ccc(OCCCCCCOC(=O)C=C)cc3)c(F)c2)cc1. The Morgan fingerprint density at radius 1 is 0.628 bits per heavy atom. The van der Waals surface area contributed by atoms with Gasteiger partial charge >= 0.3 is 5.97 Å². The van der Waals surface area contributed by atoms with Gasteiger partial charge in [-0.2, -0.15) is 0 Å². The molecule has 230 valence electrons. The van der Waals surface area contributed by atoms with E-state index in [2.05, 4.69) is 13.2 Å². The van der Waals surface area contributed by atoms with E-state index in [4.69, 9.17) is 24.0 Å². The number of halogens is 1. The van der Waals surface area contributed by atoms with Crippen LogP contribution in [0.5, 0.6) is 11.5 Å². The Kier molecular flexibility index (Phi) is 15.6. The summed E-state index contributed by atoms with van der Waals surface area (Å²) in [5.41, 5.74) is 3.08. The Labute approximate surface area is 255 Å². The lowest BCUT2D eigenvalue weighted by Gasteiger charge is -2.10. The average molecular weight is 591 g/mol. The Hall–Kier alpha value is -3.94. The Balaban J connectivity index is 1.37. The molecule has 0 aliphatic rings. The van der Waals surface area contributed by atoms with Gasteiger partial charge in [0.1, 0.15) is 23.9 Å². The van der Waals surface area contributed by atoms with Crippen molar-refractivity contribution in [2.45, 2.75) is 51.4 Å². The van der Waals surface area contributed by atoms with Crippen molar-refractivity contribution in [2.24, 2.45) is 0 Å². The van der Waals surface area contributed by atoms with Gasteiger partial charge in [0.25, 0.3) is 0 Å². The topological polar surface area (TPSA) is 63.2 Å². The zero-order valence-electron chi connectivity index (χ0n) is 24.9. The minimum absolute atomic E-state index is 0.275. The summed E-state index contributed by atoms with van der Waals surface area (Å²) in [4.78, 5) is 20.9. The standard InChI is InChI=1S/C36H43FO6/c1-3-23-42-43-27-12-8-7-10-25-39-32-18-13-29(14-19-32)31-17-22-34(35(37)28-31)30-15-20-33(21-16-30)40-24-9-5-6-11-26-41-36(38)4-2/h3-4,13-22,28H,1-2,5-12,23-27H2. The number of rotatable bonds is 22. The monoisotopic (exact) mass is 590 g/mol. The third-order valence-electron chi connectivity index (χ3n) is 6.70. The van der Waals surface area contributed by atoms with Crippen LogP contribution < -0.4 is 9.47 Å². The highest BCUT2D eigenvalue weighted by Crippen LogP contribution is 2.30. The van der Waals surface area contributed by atoms with Crippen molar-refractivity contribution in [3.05, 3.63) is 97.9 Å². The molecule has 0 aliphatic carbocycles. The van der Waals surface area contributed by atoms with Gasteiger partial charge in [0, 0.05) is 11.6 Å². The van der Waals surface area contributed by atoms with Gasteiger partial charge in [-0.3, -0.25) is 0 Å². The van der Waals surface area contributed by atoms with Crippen LogP contribution in [0.4, 0.5) is 4.39 Å². The third kappa shape index (κ3) is 12.8. The number of hydrogen-bond donors (Lipinski definition) is 0. The molecule has 6 nitrogen and oxygen atoms in total. The fraction of sp³-hybridized carbons (Fsp3) is 0.361. The molecule has 0 amide bonds. The zero-order chi connectivity index (χ0) is 30.5. The highest BCUT2D eigenvalue weighted by molar-refractivity contribution is 5.81. The van der Waals surface area contributed by atoms with Crippen molar-refractivity contribution in [1.29, 1.82) is 0 Å². The molecule has 0 atom stereocenters. The molecule has 0 radical (unpaired) electrons. The van der Waals surface area contributed by atoms with Gasteiger partial charge < -0.3 is 14.2 Å². The lowest BCUT2D eigenvalue weighted by atomic mass is 9.99. The second-order valence-corrected chi connectivity index (χ2v) is 10.0. The summed E-state index contributed by atoms with van der Waals surface area (Å²) in [5, 5.41) is 0. The van der Waals surface area contributed by atoms with Crippen LogP contribution >= 0.6 is 0 Å². The molecule has 0 saturated heterocycles. The van der Waals surface area contributed by atoms with E-state index in [-0.39, 0.29) is 11.8 Å². The quantitative estimate of drug-likeness (QED) is 0.0291. The summed E-state index contributed by atoms with van der Waals surface area (Å²) in [6, 6.07) is 20.5. The van der Waals surface area contributed by atoms with E-state index in [0.29, 0.717) is 38.6 Å². The van der Waals surface area contributed by atoms with Crippen LogP contribution in [-0.2, 0) is 19.3 Å². The first-order valence-corrected chi connectivity index (χ1v) is 15.0. The van der Waals surface area contributed by atoms with E-state index in [1.807, 2.05) is 60.7 Å². The molecule has 43 heavy (non-hydrogen) atoms. The molecule has 0 aromatic heterocycles. The van der Waals surface area contributed by atoms with Crippen molar-refractivity contribution in [3.8, 4) is 33.8 Å². The Morgan fingerprint density at radius 2 is 1.16 bits per heavy atom. The number of hydrogen-bond acceptors (Lipinski definition) is 6. The summed E-state index contributed by atoms with van der Waals surface area (Å²) >= 11 is 0. The first-order chi connectivity index (χ1) is 21.1. The van der Waals surface area contributed by atoms with Gasteiger partial charge in [-0.25, -0.2) is 19.0 Å². The smallest absolute Gasteiger partial charge is 0.330 e. The third-order valence-corrected chi connectivity index (χ3v) is 6.70. The molecule has 0 aliphatic heterocycles. The maximum atomic E-state index is 15.1. The highest BCUT2D eigenvalue weighted by Gasteiger charge is 2.09. The summed E-state index contributed by atoms with van der Waals surface area (Å²) in [5.74, 6) is 0.896. The molecule has 0 fully saturated rings. The molecule has 3 rings (SSSR count). The average Bonchev–Trinajstić information content (AvgIpc) is 3.03.